The third-order valence-corrected chi connectivity index (χ3v) is 3.71. The van der Waals surface area contributed by atoms with Crippen LogP contribution in [0.3, 0.4) is 0 Å². The summed E-state index contributed by atoms with van der Waals surface area (Å²) >= 11 is 0. The van der Waals surface area contributed by atoms with Crippen molar-refractivity contribution in [3.63, 3.8) is 0 Å². The molecule has 1 aliphatic carbocycles. The smallest absolute Gasteiger partial charge is 0.125 e. The highest BCUT2D eigenvalue weighted by Crippen LogP contribution is 2.54. The van der Waals surface area contributed by atoms with Crippen molar-refractivity contribution in [2.75, 3.05) is 6.61 Å². The summed E-state index contributed by atoms with van der Waals surface area (Å²) in [6.45, 7) is 2.27. The molecule has 5 atom stereocenters. The normalized spacial score (nSPS) is 48.8. The quantitative estimate of drug-likeness (QED) is 0.581. The zero-order chi connectivity index (χ0) is 11.1. The molecule has 1 saturated heterocycles. The highest BCUT2D eigenvalue weighted by atomic mass is 16.5. The predicted molar refractivity (Wildman–Crippen MR) is 54.3 cm³/mol. The molecule has 0 spiro atoms. The van der Waals surface area contributed by atoms with Gasteiger partial charge in [-0.3, -0.25) is 0 Å². The highest BCUT2D eigenvalue weighted by Gasteiger charge is 2.71. The molecular formula is C11H20O4. The third kappa shape index (κ3) is 1.69. The molecule has 88 valence electrons. The number of aliphatic hydroxyl groups excluding tert-OH is 2. The number of hydrogen-bond acceptors (Lipinski definition) is 4. The summed E-state index contributed by atoms with van der Waals surface area (Å²) < 4.78 is 5.32. The summed E-state index contributed by atoms with van der Waals surface area (Å²) in [5.41, 5.74) is -1.18. The molecular weight excluding hydrogens is 196 g/mol. The Kier molecular flexibility index (Phi) is 3.03. The maximum absolute atomic E-state index is 10.1. The van der Waals surface area contributed by atoms with Crippen LogP contribution in [-0.2, 0) is 4.74 Å². The summed E-state index contributed by atoms with van der Waals surface area (Å²) in [6.07, 6.45) is 1.96. The predicted octanol–water partition coefficient (Wildman–Crippen LogP) is 0.0482. The molecule has 2 fully saturated rings. The van der Waals surface area contributed by atoms with Gasteiger partial charge < -0.3 is 20.1 Å². The van der Waals surface area contributed by atoms with E-state index in [1.807, 2.05) is 0 Å². The van der Waals surface area contributed by atoms with Gasteiger partial charge in [-0.15, -0.1) is 0 Å². The lowest BCUT2D eigenvalue weighted by molar-refractivity contribution is -0.155. The van der Waals surface area contributed by atoms with Gasteiger partial charge in [0.2, 0.25) is 0 Å². The van der Waals surface area contributed by atoms with Crippen LogP contribution in [0.25, 0.3) is 0 Å². The number of fused-ring (bicyclic) bond motifs is 1. The number of rotatable bonds is 4. The van der Waals surface area contributed by atoms with Crippen LogP contribution < -0.4 is 0 Å². The van der Waals surface area contributed by atoms with Crippen molar-refractivity contribution in [1.82, 2.24) is 0 Å². The van der Waals surface area contributed by atoms with Crippen molar-refractivity contribution in [2.45, 2.75) is 56.5 Å². The maximum atomic E-state index is 10.1. The molecule has 15 heavy (non-hydrogen) atoms. The lowest BCUT2D eigenvalue weighted by Crippen LogP contribution is -2.48. The molecule has 1 aliphatic heterocycles. The zero-order valence-corrected chi connectivity index (χ0v) is 9.09. The lowest BCUT2D eigenvalue weighted by atomic mass is 10.0. The van der Waals surface area contributed by atoms with Gasteiger partial charge in [-0.2, -0.15) is 0 Å². The van der Waals surface area contributed by atoms with Crippen molar-refractivity contribution in [3.8, 4) is 0 Å². The van der Waals surface area contributed by atoms with Crippen molar-refractivity contribution in [1.29, 1.82) is 0 Å². The number of hydrogen-bond donors (Lipinski definition) is 3. The molecule has 4 heteroatoms. The summed E-state index contributed by atoms with van der Waals surface area (Å²) in [6, 6.07) is 0. The molecule has 3 N–H and O–H groups in total. The van der Waals surface area contributed by atoms with Gasteiger partial charge in [-0.05, 0) is 6.42 Å². The summed E-state index contributed by atoms with van der Waals surface area (Å²) in [5, 5.41) is 29.2. The Bertz CT molecular complexity index is 233. The van der Waals surface area contributed by atoms with E-state index < -0.39 is 17.8 Å². The minimum atomic E-state index is -1.18. The SMILES string of the molecule is CCCCCC1C2OCC(O)C(O)[C@@]12O. The fraction of sp³-hybridized carbons (Fsp3) is 1.00. The second-order valence-electron chi connectivity index (χ2n) is 4.76. The first-order valence-electron chi connectivity index (χ1n) is 5.82. The first-order valence-corrected chi connectivity index (χ1v) is 5.82. The molecule has 0 radical (unpaired) electrons. The van der Waals surface area contributed by atoms with Crippen molar-refractivity contribution < 1.29 is 20.1 Å². The first kappa shape index (κ1) is 11.3. The van der Waals surface area contributed by atoms with Crippen LogP contribution in [0.2, 0.25) is 0 Å². The molecule has 4 unspecified atom stereocenters. The van der Waals surface area contributed by atoms with E-state index in [0.29, 0.717) is 0 Å². The van der Waals surface area contributed by atoms with Gasteiger partial charge >= 0.3 is 0 Å². The molecule has 0 aromatic heterocycles. The van der Waals surface area contributed by atoms with Crippen LogP contribution in [-0.4, -0.2) is 45.8 Å². The van der Waals surface area contributed by atoms with Gasteiger partial charge in [-0.25, -0.2) is 0 Å². The van der Waals surface area contributed by atoms with E-state index >= 15 is 0 Å². The van der Waals surface area contributed by atoms with Crippen molar-refractivity contribution in [3.05, 3.63) is 0 Å². The summed E-state index contributed by atoms with van der Waals surface area (Å²) in [4.78, 5) is 0. The van der Waals surface area contributed by atoms with E-state index in [4.69, 9.17) is 4.74 Å². The Labute approximate surface area is 89.9 Å². The van der Waals surface area contributed by atoms with Gasteiger partial charge in [0.1, 0.15) is 17.8 Å². The number of ether oxygens (including phenoxy) is 1. The minimum absolute atomic E-state index is 0.0104. The zero-order valence-electron chi connectivity index (χ0n) is 9.09. The highest BCUT2D eigenvalue weighted by molar-refractivity contribution is 5.21. The summed E-state index contributed by atoms with van der Waals surface area (Å²) in [5.74, 6) is 0.0104. The lowest BCUT2D eigenvalue weighted by Gasteiger charge is -2.28. The molecule has 1 saturated carbocycles. The second kappa shape index (κ2) is 4.01. The largest absolute Gasteiger partial charge is 0.388 e. The Morgan fingerprint density at radius 1 is 1.33 bits per heavy atom. The van der Waals surface area contributed by atoms with Crippen LogP contribution >= 0.6 is 0 Å². The van der Waals surface area contributed by atoms with E-state index in [1.54, 1.807) is 0 Å². The standard InChI is InChI=1S/C11H20O4/c1-2-3-4-5-7-10-11(7,14)9(13)8(12)6-15-10/h7-10,12-14H,2-6H2,1H3/t7?,8?,9?,10?,11-/m0/s1. The molecule has 2 rings (SSSR count). The van der Waals surface area contributed by atoms with Gasteiger partial charge in [0.25, 0.3) is 0 Å². The van der Waals surface area contributed by atoms with Crippen molar-refractivity contribution in [2.24, 2.45) is 5.92 Å². The van der Waals surface area contributed by atoms with Crippen LogP contribution in [0.15, 0.2) is 0 Å². The molecule has 2 aliphatic rings. The number of aliphatic hydroxyl groups is 3. The fourth-order valence-electron chi connectivity index (χ4n) is 2.67. The van der Waals surface area contributed by atoms with Crippen molar-refractivity contribution >= 4 is 0 Å². The van der Waals surface area contributed by atoms with E-state index in [0.717, 1.165) is 25.7 Å². The maximum Gasteiger partial charge on any atom is 0.125 e. The van der Waals surface area contributed by atoms with E-state index in [1.165, 1.54) is 0 Å². The topological polar surface area (TPSA) is 69.9 Å². The first-order chi connectivity index (χ1) is 7.12. The Morgan fingerprint density at radius 3 is 2.73 bits per heavy atom. The van der Waals surface area contributed by atoms with Crippen LogP contribution in [0.4, 0.5) is 0 Å². The minimum Gasteiger partial charge on any atom is -0.388 e. The Morgan fingerprint density at radius 2 is 2.07 bits per heavy atom. The van der Waals surface area contributed by atoms with Crippen LogP contribution in [0.1, 0.15) is 32.6 Å². The fourth-order valence-corrected chi connectivity index (χ4v) is 2.67. The average Bonchev–Trinajstić information content (AvgIpc) is 2.81. The molecule has 0 aromatic carbocycles. The molecule has 0 bridgehead atoms. The van der Waals surface area contributed by atoms with Gasteiger partial charge in [0.15, 0.2) is 0 Å². The van der Waals surface area contributed by atoms with E-state index in [9.17, 15) is 15.3 Å². The third-order valence-electron chi connectivity index (χ3n) is 3.71. The average molecular weight is 216 g/mol. The molecule has 1 heterocycles. The van der Waals surface area contributed by atoms with Crippen LogP contribution in [0.5, 0.6) is 0 Å². The number of unbranched alkanes of at least 4 members (excludes halogenated alkanes) is 2. The van der Waals surface area contributed by atoms with Gasteiger partial charge in [-0.1, -0.05) is 26.2 Å². The van der Waals surface area contributed by atoms with E-state index in [2.05, 4.69) is 6.92 Å². The van der Waals surface area contributed by atoms with Crippen LogP contribution in [0, 0.1) is 5.92 Å². The van der Waals surface area contributed by atoms with Gasteiger partial charge in [0.05, 0.1) is 12.7 Å². The Balaban J connectivity index is 1.89. The second-order valence-corrected chi connectivity index (χ2v) is 4.76. The Hall–Kier alpha value is -0.160. The van der Waals surface area contributed by atoms with Gasteiger partial charge in [0, 0.05) is 5.92 Å². The monoisotopic (exact) mass is 216 g/mol. The van der Waals surface area contributed by atoms with E-state index in [-0.39, 0.29) is 18.6 Å². The summed E-state index contributed by atoms with van der Waals surface area (Å²) in [7, 11) is 0. The molecule has 4 nitrogen and oxygen atoms in total. The molecule has 0 amide bonds. The molecule has 0 aromatic rings.